The van der Waals surface area contributed by atoms with Crippen LogP contribution in [-0.2, 0) is 4.79 Å². The number of ketones is 1. The Kier molecular flexibility index (Phi) is 6.88. The number of anilines is 1. The van der Waals surface area contributed by atoms with Crippen molar-refractivity contribution in [1.29, 1.82) is 5.26 Å². The highest BCUT2D eigenvalue weighted by molar-refractivity contribution is 6.00. The molecule has 2 N–H and O–H groups in total. The second-order valence-corrected chi connectivity index (χ2v) is 8.26. The average Bonchev–Trinajstić information content (AvgIpc) is 2.88. The Morgan fingerprint density at radius 3 is 2.71 bits per heavy atom. The molecule has 172 valence electrons. The molecule has 1 amide bonds. The number of carbonyl (C=O) groups excluding carboxylic acids is 2. The quantitative estimate of drug-likeness (QED) is 0.504. The minimum atomic E-state index is -0.580. The molecule has 34 heavy (non-hydrogen) atoms. The zero-order chi connectivity index (χ0) is 24.1. The number of Topliss-reactive ketones (excluding diaryl/α,β-unsaturated/α-hetero) is 1. The van der Waals surface area contributed by atoms with E-state index in [1.807, 2.05) is 36.4 Å². The molecule has 1 aliphatic carbocycles. The zero-order valence-electron chi connectivity index (χ0n) is 19.0. The van der Waals surface area contributed by atoms with Crippen molar-refractivity contribution < 1.29 is 14.3 Å². The van der Waals surface area contributed by atoms with Crippen LogP contribution in [0.5, 0.6) is 5.75 Å². The van der Waals surface area contributed by atoms with Crippen LogP contribution in [-0.4, -0.2) is 35.9 Å². The molecule has 1 saturated carbocycles. The molecule has 0 bridgehead atoms. The standard InChI is InChI=1S/C27H26N4O3/c1-3-19(16-28)29-26-22-15-18(8-7-17(22)9-14-25(26)34-2)23-5-4-6-24(31-23)27(33)30-20-10-12-21(32)13-11-20/h3-9,14-15,19-20,29H,1,10-13H2,2H3,(H,30,33). The smallest absolute Gasteiger partial charge is 0.270 e. The zero-order valence-corrected chi connectivity index (χ0v) is 19.0. The van der Waals surface area contributed by atoms with Gasteiger partial charge in [0, 0.05) is 29.8 Å². The van der Waals surface area contributed by atoms with Gasteiger partial charge in [0.1, 0.15) is 23.3 Å². The largest absolute Gasteiger partial charge is 0.495 e. The van der Waals surface area contributed by atoms with E-state index in [0.717, 1.165) is 16.3 Å². The summed E-state index contributed by atoms with van der Waals surface area (Å²) in [6, 6.07) is 16.6. The van der Waals surface area contributed by atoms with Gasteiger partial charge in [0.15, 0.2) is 0 Å². The van der Waals surface area contributed by atoms with Gasteiger partial charge in [-0.05, 0) is 42.5 Å². The number of aromatic nitrogens is 1. The Hall–Kier alpha value is -4.18. The number of carbonyl (C=O) groups is 2. The van der Waals surface area contributed by atoms with Crippen LogP contribution in [0.25, 0.3) is 22.0 Å². The molecule has 1 fully saturated rings. The van der Waals surface area contributed by atoms with Crippen molar-refractivity contribution in [3.63, 3.8) is 0 Å². The number of hydrogen-bond acceptors (Lipinski definition) is 6. The van der Waals surface area contributed by atoms with Gasteiger partial charge in [0.25, 0.3) is 5.91 Å². The topological polar surface area (TPSA) is 104 Å². The van der Waals surface area contributed by atoms with Gasteiger partial charge in [-0.3, -0.25) is 9.59 Å². The number of benzene rings is 2. The lowest BCUT2D eigenvalue weighted by atomic mass is 9.94. The van der Waals surface area contributed by atoms with E-state index in [0.29, 0.717) is 48.5 Å². The molecule has 0 spiro atoms. The molecule has 1 aromatic heterocycles. The first-order chi connectivity index (χ1) is 16.5. The van der Waals surface area contributed by atoms with Crippen LogP contribution >= 0.6 is 0 Å². The van der Waals surface area contributed by atoms with Crippen LogP contribution in [0.4, 0.5) is 5.69 Å². The summed E-state index contributed by atoms with van der Waals surface area (Å²) in [5, 5.41) is 17.4. The SMILES string of the molecule is C=CC(C#N)Nc1c(OC)ccc2ccc(-c3cccc(C(=O)NC4CCC(=O)CC4)n3)cc12. The fourth-order valence-electron chi connectivity index (χ4n) is 4.14. The van der Waals surface area contributed by atoms with Crippen molar-refractivity contribution in [1.82, 2.24) is 10.3 Å². The molecule has 0 aliphatic heterocycles. The third-order valence-corrected chi connectivity index (χ3v) is 6.03. The fourth-order valence-corrected chi connectivity index (χ4v) is 4.14. The van der Waals surface area contributed by atoms with Gasteiger partial charge in [-0.25, -0.2) is 4.98 Å². The van der Waals surface area contributed by atoms with E-state index >= 15 is 0 Å². The maximum absolute atomic E-state index is 12.8. The molecule has 1 atom stereocenters. The van der Waals surface area contributed by atoms with Crippen molar-refractivity contribution in [3.8, 4) is 23.1 Å². The Morgan fingerprint density at radius 2 is 2.00 bits per heavy atom. The lowest BCUT2D eigenvalue weighted by Gasteiger charge is -2.22. The number of hydrogen-bond donors (Lipinski definition) is 2. The Balaban J connectivity index is 1.66. The molecule has 0 radical (unpaired) electrons. The predicted octanol–water partition coefficient (Wildman–Crippen LogP) is 4.64. The number of nitrogens with one attached hydrogen (secondary N) is 2. The van der Waals surface area contributed by atoms with Crippen LogP contribution in [0, 0.1) is 11.3 Å². The molecular weight excluding hydrogens is 428 g/mol. The monoisotopic (exact) mass is 454 g/mol. The van der Waals surface area contributed by atoms with Gasteiger partial charge >= 0.3 is 0 Å². The molecule has 3 aromatic rings. The third kappa shape index (κ3) is 4.91. The summed E-state index contributed by atoms with van der Waals surface area (Å²) < 4.78 is 5.52. The van der Waals surface area contributed by atoms with Crippen molar-refractivity contribution in [2.24, 2.45) is 0 Å². The molecule has 7 nitrogen and oxygen atoms in total. The van der Waals surface area contributed by atoms with E-state index in [2.05, 4.69) is 28.3 Å². The highest BCUT2D eigenvalue weighted by atomic mass is 16.5. The third-order valence-electron chi connectivity index (χ3n) is 6.03. The maximum Gasteiger partial charge on any atom is 0.270 e. The van der Waals surface area contributed by atoms with E-state index in [9.17, 15) is 14.9 Å². The summed E-state index contributed by atoms with van der Waals surface area (Å²) in [6.45, 7) is 3.71. The van der Waals surface area contributed by atoms with E-state index in [-0.39, 0.29) is 17.7 Å². The number of amides is 1. The highest BCUT2D eigenvalue weighted by Gasteiger charge is 2.21. The molecule has 2 aromatic carbocycles. The van der Waals surface area contributed by atoms with Gasteiger partial charge in [-0.15, -0.1) is 0 Å². The number of fused-ring (bicyclic) bond motifs is 1. The van der Waals surface area contributed by atoms with Crippen molar-refractivity contribution in [3.05, 3.63) is 66.9 Å². The van der Waals surface area contributed by atoms with Crippen LogP contribution in [0.3, 0.4) is 0 Å². The molecule has 1 aliphatic rings. The molecule has 1 unspecified atom stereocenters. The Morgan fingerprint density at radius 1 is 1.24 bits per heavy atom. The Labute approximate surface area is 198 Å². The van der Waals surface area contributed by atoms with Gasteiger partial charge in [0.2, 0.25) is 0 Å². The second kappa shape index (κ2) is 10.2. The number of nitrogens with zero attached hydrogens (tertiary/aromatic N) is 2. The summed E-state index contributed by atoms with van der Waals surface area (Å²) in [5.74, 6) is 0.620. The molecular formula is C27H26N4O3. The lowest BCUT2D eigenvalue weighted by Crippen LogP contribution is -2.38. The number of ether oxygens (including phenoxy) is 1. The molecule has 0 saturated heterocycles. The summed E-state index contributed by atoms with van der Waals surface area (Å²) in [5.41, 5.74) is 2.50. The predicted molar refractivity (Wildman–Crippen MR) is 132 cm³/mol. The van der Waals surface area contributed by atoms with Crippen molar-refractivity contribution >= 4 is 28.2 Å². The lowest BCUT2D eigenvalue weighted by molar-refractivity contribution is -0.120. The minimum absolute atomic E-state index is 0.00429. The van der Waals surface area contributed by atoms with Crippen molar-refractivity contribution in [2.75, 3.05) is 12.4 Å². The van der Waals surface area contributed by atoms with Gasteiger partial charge in [-0.1, -0.05) is 36.9 Å². The number of methoxy groups -OCH3 is 1. The molecule has 4 rings (SSSR count). The summed E-state index contributed by atoms with van der Waals surface area (Å²) >= 11 is 0. The van der Waals surface area contributed by atoms with E-state index in [1.54, 1.807) is 19.2 Å². The highest BCUT2D eigenvalue weighted by Crippen LogP contribution is 2.36. The molecule has 7 heteroatoms. The maximum atomic E-state index is 12.8. The van der Waals surface area contributed by atoms with Crippen LogP contribution in [0.2, 0.25) is 0 Å². The summed E-state index contributed by atoms with van der Waals surface area (Å²) in [4.78, 5) is 28.8. The number of nitriles is 1. The summed E-state index contributed by atoms with van der Waals surface area (Å²) in [7, 11) is 1.58. The van der Waals surface area contributed by atoms with Crippen LogP contribution in [0.15, 0.2) is 61.2 Å². The first kappa shape index (κ1) is 23.0. The van der Waals surface area contributed by atoms with E-state index in [4.69, 9.17) is 4.74 Å². The van der Waals surface area contributed by atoms with E-state index < -0.39 is 6.04 Å². The summed E-state index contributed by atoms with van der Waals surface area (Å²) in [6.07, 6.45) is 3.89. The fraction of sp³-hybridized carbons (Fsp3) is 0.259. The average molecular weight is 455 g/mol. The Bertz CT molecular complexity index is 1280. The second-order valence-electron chi connectivity index (χ2n) is 8.26. The van der Waals surface area contributed by atoms with Gasteiger partial charge in [-0.2, -0.15) is 5.26 Å². The van der Waals surface area contributed by atoms with Gasteiger partial charge < -0.3 is 15.4 Å². The number of rotatable bonds is 7. The van der Waals surface area contributed by atoms with Crippen molar-refractivity contribution in [2.45, 2.75) is 37.8 Å². The normalized spacial score (nSPS) is 14.8. The first-order valence-electron chi connectivity index (χ1n) is 11.2. The van der Waals surface area contributed by atoms with Crippen LogP contribution < -0.4 is 15.4 Å². The first-order valence-corrected chi connectivity index (χ1v) is 11.2. The van der Waals surface area contributed by atoms with E-state index in [1.165, 1.54) is 6.08 Å². The van der Waals surface area contributed by atoms with Crippen LogP contribution in [0.1, 0.15) is 36.2 Å². The molecule has 1 heterocycles. The van der Waals surface area contributed by atoms with Gasteiger partial charge in [0.05, 0.1) is 24.6 Å². The number of pyridine rings is 1. The minimum Gasteiger partial charge on any atom is -0.495 e.